The van der Waals surface area contributed by atoms with E-state index in [0.29, 0.717) is 0 Å². The van der Waals surface area contributed by atoms with Crippen LogP contribution in [0.2, 0.25) is 0 Å². The van der Waals surface area contributed by atoms with E-state index >= 15 is 0 Å². The second-order valence-electron chi connectivity index (χ2n) is 1.55. The maximum Gasteiger partial charge on any atom is 0.432 e. The van der Waals surface area contributed by atoms with Crippen LogP contribution in [0.5, 0.6) is 0 Å². The molecule has 0 aromatic heterocycles. The summed E-state index contributed by atoms with van der Waals surface area (Å²) in [6, 6.07) is 0. The van der Waals surface area contributed by atoms with Crippen molar-refractivity contribution in [1.29, 1.82) is 0 Å². The van der Waals surface area contributed by atoms with Crippen molar-refractivity contribution in [2.24, 2.45) is 4.99 Å². The number of rotatable bonds is 0. The number of hydrogen-bond acceptors (Lipinski definition) is 4. The van der Waals surface area contributed by atoms with Gasteiger partial charge in [0, 0.05) is 6.20 Å². The van der Waals surface area contributed by atoms with Gasteiger partial charge in [-0.15, -0.1) is 0 Å². The molecule has 1 aliphatic rings. The summed E-state index contributed by atoms with van der Waals surface area (Å²) in [6.45, 7) is 0. The van der Waals surface area contributed by atoms with Gasteiger partial charge in [-0.05, 0) is 0 Å². The van der Waals surface area contributed by atoms with E-state index in [1.165, 1.54) is 30.9 Å². The number of nitrogens with one attached hydrogen (secondary N) is 1. The third-order valence-electron chi connectivity index (χ3n) is 0.944. The highest BCUT2D eigenvalue weighted by molar-refractivity contribution is 5.72. The van der Waals surface area contributed by atoms with Gasteiger partial charge in [-0.25, -0.2) is 9.79 Å². The van der Waals surface area contributed by atoms with E-state index in [9.17, 15) is 4.79 Å². The monoisotopic (exact) mass is 141 g/mol. The molecule has 1 aliphatic heterocycles. The van der Waals surface area contributed by atoms with Crippen molar-refractivity contribution >= 4 is 12.4 Å². The third-order valence-corrected chi connectivity index (χ3v) is 0.944. The molecule has 0 aromatic rings. The van der Waals surface area contributed by atoms with Crippen LogP contribution in [0.25, 0.3) is 0 Å². The Morgan fingerprint density at radius 3 is 3.10 bits per heavy atom. The van der Waals surface area contributed by atoms with Gasteiger partial charge >= 0.3 is 6.09 Å². The molecule has 1 rings (SSSR count). The summed E-state index contributed by atoms with van der Waals surface area (Å²) in [6.07, 6.45) is 3.86. The lowest BCUT2D eigenvalue weighted by Gasteiger charge is -2.16. The lowest BCUT2D eigenvalue weighted by atomic mass is 10.8. The van der Waals surface area contributed by atoms with Gasteiger partial charge in [0.2, 0.25) is 0 Å². The molecule has 0 atom stereocenters. The van der Waals surface area contributed by atoms with Gasteiger partial charge in [0.25, 0.3) is 0 Å². The van der Waals surface area contributed by atoms with Gasteiger partial charge in [-0.2, -0.15) is 5.01 Å². The second-order valence-corrected chi connectivity index (χ2v) is 1.55. The average Bonchev–Trinajstić information content (AvgIpc) is 2.05. The fraction of sp³-hybridized carbons (Fsp3) is 0.200. The number of methoxy groups -OCH3 is 1. The number of ether oxygens (including phenoxy) is 1. The van der Waals surface area contributed by atoms with Crippen LogP contribution in [-0.4, -0.2) is 24.6 Å². The predicted octanol–water partition coefficient (Wildman–Crippen LogP) is 0.0725. The topological polar surface area (TPSA) is 53.9 Å². The van der Waals surface area contributed by atoms with Crippen LogP contribution in [0, 0.1) is 0 Å². The van der Waals surface area contributed by atoms with Crippen LogP contribution in [-0.2, 0) is 4.74 Å². The molecule has 0 spiro atoms. The van der Waals surface area contributed by atoms with E-state index in [4.69, 9.17) is 0 Å². The Morgan fingerprint density at radius 1 is 1.80 bits per heavy atom. The molecular formula is C5H7N3O2. The molecule has 0 unspecified atom stereocenters. The summed E-state index contributed by atoms with van der Waals surface area (Å²) < 4.78 is 4.40. The largest absolute Gasteiger partial charge is 0.451 e. The maximum atomic E-state index is 10.7. The van der Waals surface area contributed by atoms with E-state index in [0.717, 1.165) is 0 Å². The Kier molecular flexibility index (Phi) is 1.89. The molecule has 0 bridgehead atoms. The molecule has 0 aromatic carbocycles. The standard InChI is InChI=1S/C5H7N3O2/c1-10-5(9)8-3-2-6-4-7-8/h2-4H,1H3,(H,6,7). The molecule has 0 aliphatic carbocycles. The molecular weight excluding hydrogens is 134 g/mol. The fourth-order valence-corrected chi connectivity index (χ4v) is 0.499. The summed E-state index contributed by atoms with van der Waals surface area (Å²) in [4.78, 5) is 14.4. The van der Waals surface area contributed by atoms with Crippen LogP contribution in [0.4, 0.5) is 4.79 Å². The Bertz CT molecular complexity index is 187. The summed E-state index contributed by atoms with van der Waals surface area (Å²) in [5.74, 6) is 0. The molecule has 5 nitrogen and oxygen atoms in total. The van der Waals surface area contributed by atoms with Crippen molar-refractivity contribution in [3.05, 3.63) is 12.4 Å². The summed E-state index contributed by atoms with van der Waals surface area (Å²) in [7, 11) is 1.31. The lowest BCUT2D eigenvalue weighted by molar-refractivity contribution is 0.132. The average molecular weight is 141 g/mol. The second kappa shape index (κ2) is 2.86. The minimum atomic E-state index is -0.470. The van der Waals surface area contributed by atoms with Crippen LogP contribution >= 0.6 is 0 Å². The Balaban J connectivity index is 2.51. The van der Waals surface area contributed by atoms with Gasteiger partial charge in [-0.3, -0.25) is 5.43 Å². The normalized spacial score (nSPS) is 14.7. The molecule has 0 saturated heterocycles. The smallest absolute Gasteiger partial charge is 0.432 e. The molecule has 10 heavy (non-hydrogen) atoms. The van der Waals surface area contributed by atoms with Gasteiger partial charge in [0.1, 0.15) is 6.34 Å². The number of carbonyl (C=O) groups is 1. The Labute approximate surface area is 58.0 Å². The van der Waals surface area contributed by atoms with E-state index < -0.39 is 6.09 Å². The summed E-state index contributed by atoms with van der Waals surface area (Å²) >= 11 is 0. The molecule has 1 N–H and O–H groups in total. The lowest BCUT2D eigenvalue weighted by Crippen LogP contribution is -2.38. The molecule has 0 saturated carbocycles. The first-order chi connectivity index (χ1) is 4.84. The van der Waals surface area contributed by atoms with Crippen LogP contribution in [0.3, 0.4) is 0 Å². The summed E-state index contributed by atoms with van der Waals surface area (Å²) in [5.41, 5.74) is 2.55. The predicted molar refractivity (Wildman–Crippen MR) is 35.0 cm³/mol. The first kappa shape index (κ1) is 6.60. The zero-order valence-electron chi connectivity index (χ0n) is 5.44. The van der Waals surface area contributed by atoms with Crippen molar-refractivity contribution in [3.8, 4) is 0 Å². The highest BCUT2D eigenvalue weighted by Gasteiger charge is 2.08. The highest BCUT2D eigenvalue weighted by atomic mass is 16.5. The number of hydrazine groups is 1. The van der Waals surface area contributed by atoms with E-state index in [-0.39, 0.29) is 0 Å². The third kappa shape index (κ3) is 1.25. The first-order valence-corrected chi connectivity index (χ1v) is 2.66. The fourth-order valence-electron chi connectivity index (χ4n) is 0.499. The molecule has 5 heteroatoms. The Hall–Kier alpha value is -1.52. The maximum absolute atomic E-state index is 10.7. The van der Waals surface area contributed by atoms with Crippen molar-refractivity contribution in [2.45, 2.75) is 0 Å². The Morgan fingerprint density at radius 2 is 2.60 bits per heavy atom. The minimum Gasteiger partial charge on any atom is -0.451 e. The number of amides is 1. The van der Waals surface area contributed by atoms with E-state index in [1.54, 1.807) is 0 Å². The van der Waals surface area contributed by atoms with E-state index in [2.05, 4.69) is 15.2 Å². The first-order valence-electron chi connectivity index (χ1n) is 2.66. The van der Waals surface area contributed by atoms with Crippen LogP contribution in [0.15, 0.2) is 17.4 Å². The molecule has 0 radical (unpaired) electrons. The zero-order valence-corrected chi connectivity index (χ0v) is 5.44. The van der Waals surface area contributed by atoms with E-state index in [1.807, 2.05) is 0 Å². The van der Waals surface area contributed by atoms with Crippen LogP contribution < -0.4 is 5.43 Å². The number of aliphatic imine (C=N–C) groups is 1. The van der Waals surface area contributed by atoms with Gasteiger partial charge in [0.15, 0.2) is 0 Å². The molecule has 0 fully saturated rings. The van der Waals surface area contributed by atoms with Crippen molar-refractivity contribution in [2.75, 3.05) is 7.11 Å². The molecule has 54 valence electrons. The quantitative estimate of drug-likeness (QED) is 0.519. The van der Waals surface area contributed by atoms with Crippen LogP contribution in [0.1, 0.15) is 0 Å². The van der Waals surface area contributed by atoms with Crippen molar-refractivity contribution in [3.63, 3.8) is 0 Å². The molecule has 1 heterocycles. The highest BCUT2D eigenvalue weighted by Crippen LogP contribution is 1.92. The number of carbonyl (C=O) groups excluding carboxylic acids is 1. The van der Waals surface area contributed by atoms with Gasteiger partial charge < -0.3 is 4.74 Å². The van der Waals surface area contributed by atoms with Gasteiger partial charge in [0.05, 0.1) is 13.3 Å². The summed E-state index contributed by atoms with van der Waals surface area (Å²) in [5, 5.41) is 1.17. The number of nitrogens with zero attached hydrogens (tertiary/aromatic N) is 2. The number of hydrogen-bond donors (Lipinski definition) is 1. The van der Waals surface area contributed by atoms with Gasteiger partial charge in [-0.1, -0.05) is 0 Å². The van der Waals surface area contributed by atoms with Crippen molar-refractivity contribution < 1.29 is 9.53 Å². The molecule has 1 amide bonds. The zero-order chi connectivity index (χ0) is 7.40. The minimum absolute atomic E-state index is 0.470. The SMILES string of the molecule is COC(=O)N1C=CN=CN1. The van der Waals surface area contributed by atoms with Crippen molar-refractivity contribution in [1.82, 2.24) is 10.4 Å².